The van der Waals surface area contributed by atoms with E-state index in [9.17, 15) is 0 Å². The Balaban J connectivity index is 1.27. The number of likely N-dealkylation sites (N-methyl/N-ethyl adjacent to an activating group) is 1. The van der Waals surface area contributed by atoms with Crippen molar-refractivity contribution in [2.45, 2.75) is 31.9 Å². The molecule has 6 heterocycles. The Labute approximate surface area is 197 Å². The third kappa shape index (κ3) is 3.86. The van der Waals surface area contributed by atoms with Gasteiger partial charge in [-0.25, -0.2) is 9.50 Å². The molecule has 6 rings (SSSR count). The van der Waals surface area contributed by atoms with Crippen LogP contribution in [-0.2, 0) is 4.74 Å². The third-order valence-electron chi connectivity index (χ3n) is 6.66. The molecule has 0 aromatic carbocycles. The van der Waals surface area contributed by atoms with Crippen LogP contribution >= 0.6 is 0 Å². The van der Waals surface area contributed by atoms with Crippen molar-refractivity contribution in [3.8, 4) is 16.9 Å². The van der Waals surface area contributed by atoms with Crippen molar-refractivity contribution in [2.75, 3.05) is 32.1 Å². The zero-order chi connectivity index (χ0) is 23.3. The zero-order valence-electron chi connectivity index (χ0n) is 19.5. The first-order valence-electron chi connectivity index (χ1n) is 11.5. The number of pyridine rings is 2. The predicted molar refractivity (Wildman–Crippen MR) is 128 cm³/mol. The second-order valence-corrected chi connectivity index (χ2v) is 9.36. The molecule has 174 valence electrons. The fraction of sp³-hybridized carbons (Fsp3) is 0.360. The normalized spacial score (nSPS) is 21.9. The molecule has 1 N–H and O–H groups in total. The molecule has 0 amide bonds. The van der Waals surface area contributed by atoms with Gasteiger partial charge in [-0.2, -0.15) is 5.10 Å². The summed E-state index contributed by atoms with van der Waals surface area (Å²) in [6.07, 6.45) is 8.21. The molecule has 4 aromatic rings. The SMILES string of the molecule is Cc1cnc(Nc2cc3cc(-c4cc(C)ncc4OC[C@]45C[C@H](CO4)N(C)C5)ccn3n2)cn1. The van der Waals surface area contributed by atoms with Gasteiger partial charge in [-0.05, 0) is 51.1 Å². The van der Waals surface area contributed by atoms with Gasteiger partial charge in [0, 0.05) is 36.1 Å². The van der Waals surface area contributed by atoms with E-state index in [0.717, 1.165) is 53.4 Å². The molecule has 2 atom stereocenters. The number of nitrogens with zero attached hydrogens (tertiary/aromatic N) is 6. The van der Waals surface area contributed by atoms with Crippen molar-refractivity contribution in [1.82, 2.24) is 29.5 Å². The van der Waals surface area contributed by atoms with Crippen LogP contribution in [0.3, 0.4) is 0 Å². The van der Waals surface area contributed by atoms with Gasteiger partial charge in [-0.15, -0.1) is 0 Å². The van der Waals surface area contributed by atoms with Crippen LogP contribution in [0.1, 0.15) is 17.8 Å². The lowest BCUT2D eigenvalue weighted by Crippen LogP contribution is -2.44. The number of morpholine rings is 1. The number of rotatable bonds is 6. The number of ether oxygens (including phenoxy) is 2. The summed E-state index contributed by atoms with van der Waals surface area (Å²) in [5.41, 5.74) is 4.59. The standard InChI is InChI=1S/C25H27N7O2/c1-16-6-21(22(11-26-16)33-15-25-9-20(13-34-25)31(3)14-25)18-4-5-32-19(7-18)8-23(30-32)29-24-12-27-17(2)10-28-24/h4-8,10-12,20H,9,13-15H2,1-3H3,(H,28,29,30)/t20-,25-/m1/s1. The third-order valence-corrected chi connectivity index (χ3v) is 6.66. The van der Waals surface area contributed by atoms with Crippen molar-refractivity contribution in [3.63, 3.8) is 0 Å². The summed E-state index contributed by atoms with van der Waals surface area (Å²) in [5, 5.41) is 7.81. The van der Waals surface area contributed by atoms with E-state index in [0.29, 0.717) is 24.3 Å². The maximum atomic E-state index is 6.34. The average Bonchev–Trinajstić information content (AvgIpc) is 3.51. The Kier molecular flexibility index (Phi) is 4.96. The summed E-state index contributed by atoms with van der Waals surface area (Å²) < 4.78 is 14.3. The molecule has 4 aromatic heterocycles. The van der Waals surface area contributed by atoms with Crippen LogP contribution in [0, 0.1) is 13.8 Å². The first kappa shape index (κ1) is 21.0. The summed E-state index contributed by atoms with van der Waals surface area (Å²) in [7, 11) is 2.16. The Bertz CT molecular complexity index is 1350. The average molecular weight is 458 g/mol. The van der Waals surface area contributed by atoms with Crippen LogP contribution < -0.4 is 10.1 Å². The number of anilines is 2. The van der Waals surface area contributed by atoms with Crippen LogP contribution in [0.2, 0.25) is 0 Å². The Morgan fingerprint density at radius 1 is 1.09 bits per heavy atom. The van der Waals surface area contributed by atoms with Crippen molar-refractivity contribution in [2.24, 2.45) is 0 Å². The van der Waals surface area contributed by atoms with Crippen LogP contribution in [0.5, 0.6) is 5.75 Å². The molecule has 2 aliphatic rings. The van der Waals surface area contributed by atoms with E-state index in [4.69, 9.17) is 9.47 Å². The van der Waals surface area contributed by atoms with Crippen LogP contribution in [0.25, 0.3) is 16.6 Å². The van der Waals surface area contributed by atoms with Crippen molar-refractivity contribution >= 4 is 17.2 Å². The molecule has 2 saturated heterocycles. The first-order chi connectivity index (χ1) is 16.5. The van der Waals surface area contributed by atoms with Gasteiger partial charge in [0.2, 0.25) is 0 Å². The highest BCUT2D eigenvalue weighted by atomic mass is 16.6. The summed E-state index contributed by atoms with van der Waals surface area (Å²) >= 11 is 0. The van der Waals surface area contributed by atoms with Gasteiger partial charge in [-0.3, -0.25) is 14.9 Å². The molecule has 34 heavy (non-hydrogen) atoms. The summed E-state index contributed by atoms with van der Waals surface area (Å²) in [6, 6.07) is 8.69. The molecular formula is C25H27N7O2. The maximum Gasteiger partial charge on any atom is 0.154 e. The number of likely N-dealkylation sites (tertiary alicyclic amines) is 1. The van der Waals surface area contributed by atoms with Crippen LogP contribution in [-0.4, -0.2) is 67.9 Å². The number of hydrogen-bond donors (Lipinski definition) is 1. The second kappa shape index (κ2) is 8.03. The van der Waals surface area contributed by atoms with Gasteiger partial charge in [0.25, 0.3) is 0 Å². The highest BCUT2D eigenvalue weighted by Crippen LogP contribution is 2.38. The van der Waals surface area contributed by atoms with E-state index in [-0.39, 0.29) is 5.60 Å². The monoisotopic (exact) mass is 457 g/mol. The molecule has 0 saturated carbocycles. The second-order valence-electron chi connectivity index (χ2n) is 9.36. The van der Waals surface area contributed by atoms with Gasteiger partial charge < -0.3 is 14.8 Å². The summed E-state index contributed by atoms with van der Waals surface area (Å²) in [6.45, 7) is 6.10. The summed E-state index contributed by atoms with van der Waals surface area (Å²) in [4.78, 5) is 15.5. The smallest absolute Gasteiger partial charge is 0.154 e. The molecule has 2 aliphatic heterocycles. The Morgan fingerprint density at radius 3 is 2.74 bits per heavy atom. The largest absolute Gasteiger partial charge is 0.488 e. The number of hydrogen-bond acceptors (Lipinski definition) is 8. The van der Waals surface area contributed by atoms with Gasteiger partial charge in [0.15, 0.2) is 5.82 Å². The van der Waals surface area contributed by atoms with Gasteiger partial charge in [-0.1, -0.05) is 0 Å². The molecule has 0 spiro atoms. The number of nitrogens with one attached hydrogen (secondary N) is 1. The molecular weight excluding hydrogens is 430 g/mol. The van der Waals surface area contributed by atoms with Crippen molar-refractivity contribution < 1.29 is 9.47 Å². The van der Waals surface area contributed by atoms with Crippen molar-refractivity contribution in [1.29, 1.82) is 0 Å². The Morgan fingerprint density at radius 2 is 1.97 bits per heavy atom. The van der Waals surface area contributed by atoms with E-state index >= 15 is 0 Å². The number of fused-ring (bicyclic) bond motifs is 3. The Hall–Kier alpha value is -3.56. The lowest BCUT2D eigenvalue weighted by molar-refractivity contribution is -0.0624. The highest BCUT2D eigenvalue weighted by Gasteiger charge is 2.50. The molecule has 2 bridgehead atoms. The lowest BCUT2D eigenvalue weighted by Gasteiger charge is -2.30. The van der Waals surface area contributed by atoms with Gasteiger partial charge in [0.1, 0.15) is 23.8 Å². The van der Waals surface area contributed by atoms with E-state index in [1.807, 2.05) is 42.9 Å². The minimum Gasteiger partial charge on any atom is -0.488 e. The van der Waals surface area contributed by atoms with E-state index in [2.05, 4.69) is 49.4 Å². The minimum absolute atomic E-state index is 0.226. The first-order valence-corrected chi connectivity index (χ1v) is 11.5. The van der Waals surface area contributed by atoms with Crippen LogP contribution in [0.15, 0.2) is 49.1 Å². The quantitative estimate of drug-likeness (QED) is 0.471. The predicted octanol–water partition coefficient (Wildman–Crippen LogP) is 3.40. The van der Waals surface area contributed by atoms with Crippen LogP contribution in [0.4, 0.5) is 11.6 Å². The molecule has 0 radical (unpaired) electrons. The minimum atomic E-state index is -0.226. The fourth-order valence-corrected chi connectivity index (χ4v) is 4.85. The molecule has 0 aliphatic carbocycles. The van der Waals surface area contributed by atoms with E-state index < -0.39 is 0 Å². The molecule has 9 nitrogen and oxygen atoms in total. The fourth-order valence-electron chi connectivity index (χ4n) is 4.85. The van der Waals surface area contributed by atoms with E-state index in [1.165, 1.54) is 0 Å². The zero-order valence-corrected chi connectivity index (χ0v) is 19.5. The molecule has 2 fully saturated rings. The van der Waals surface area contributed by atoms with Gasteiger partial charge >= 0.3 is 0 Å². The van der Waals surface area contributed by atoms with E-state index in [1.54, 1.807) is 12.4 Å². The number of aryl methyl sites for hydroxylation is 2. The maximum absolute atomic E-state index is 6.34. The topological polar surface area (TPSA) is 89.7 Å². The number of aromatic nitrogens is 5. The van der Waals surface area contributed by atoms with Crippen molar-refractivity contribution in [3.05, 3.63) is 60.4 Å². The highest BCUT2D eigenvalue weighted by molar-refractivity contribution is 5.75. The summed E-state index contributed by atoms with van der Waals surface area (Å²) in [5.74, 6) is 2.12. The molecule has 9 heteroatoms. The lowest BCUT2D eigenvalue weighted by atomic mass is 10.0. The van der Waals surface area contributed by atoms with Gasteiger partial charge in [0.05, 0.1) is 36.4 Å². The molecule has 0 unspecified atom stereocenters.